The van der Waals surface area contributed by atoms with Crippen LogP contribution in [0.15, 0.2) is 17.3 Å². The molecule has 1 aromatic heterocycles. The molecular weight excluding hydrogens is 268 g/mol. The van der Waals surface area contributed by atoms with Crippen LogP contribution in [0.4, 0.5) is 0 Å². The van der Waals surface area contributed by atoms with E-state index in [4.69, 9.17) is 0 Å². The van der Waals surface area contributed by atoms with Crippen LogP contribution in [0.2, 0.25) is 0 Å². The summed E-state index contributed by atoms with van der Waals surface area (Å²) in [4.78, 5) is 13.7. The molecule has 7 nitrogen and oxygen atoms in total. The van der Waals surface area contributed by atoms with Crippen LogP contribution in [0, 0.1) is 0 Å². The molecule has 1 fully saturated rings. The SMILES string of the molecule is O=C(CCNS(=O)(=O)c1cn[nH]c1)N1CCCCC1. The molecule has 1 amide bonds. The number of aromatic amines is 1. The fraction of sp³-hybridized carbons (Fsp3) is 0.636. The van der Waals surface area contributed by atoms with Gasteiger partial charge in [-0.3, -0.25) is 9.89 Å². The van der Waals surface area contributed by atoms with E-state index < -0.39 is 10.0 Å². The minimum atomic E-state index is -3.56. The fourth-order valence-electron chi connectivity index (χ4n) is 2.06. The Labute approximate surface area is 112 Å². The summed E-state index contributed by atoms with van der Waals surface area (Å²) in [6.07, 6.45) is 5.95. The second kappa shape index (κ2) is 6.16. The molecule has 0 bridgehead atoms. The van der Waals surface area contributed by atoms with Gasteiger partial charge in [0.25, 0.3) is 0 Å². The van der Waals surface area contributed by atoms with Gasteiger partial charge in [0.15, 0.2) is 0 Å². The summed E-state index contributed by atoms with van der Waals surface area (Å²) in [6.45, 7) is 1.68. The monoisotopic (exact) mass is 286 g/mol. The fourth-order valence-corrected chi connectivity index (χ4v) is 3.00. The van der Waals surface area contributed by atoms with Crippen LogP contribution in [-0.4, -0.2) is 49.1 Å². The molecular formula is C11H18N4O3S. The summed E-state index contributed by atoms with van der Waals surface area (Å²) in [6, 6.07) is 0. The van der Waals surface area contributed by atoms with E-state index in [2.05, 4.69) is 14.9 Å². The van der Waals surface area contributed by atoms with E-state index >= 15 is 0 Å². The number of rotatable bonds is 5. The Hall–Kier alpha value is -1.41. The Kier molecular flexibility index (Phi) is 4.54. The van der Waals surface area contributed by atoms with Gasteiger partial charge in [0, 0.05) is 32.3 Å². The molecule has 19 heavy (non-hydrogen) atoms. The van der Waals surface area contributed by atoms with E-state index in [0.717, 1.165) is 32.4 Å². The highest BCUT2D eigenvalue weighted by Crippen LogP contribution is 2.10. The van der Waals surface area contributed by atoms with Crippen LogP contribution in [-0.2, 0) is 14.8 Å². The lowest BCUT2D eigenvalue weighted by molar-refractivity contribution is -0.131. The standard InChI is InChI=1S/C11H18N4O3S/c16-11(15-6-2-1-3-7-15)4-5-14-19(17,18)10-8-12-13-9-10/h8-9,14H,1-7H2,(H,12,13). The van der Waals surface area contributed by atoms with Gasteiger partial charge in [-0.05, 0) is 19.3 Å². The molecule has 2 N–H and O–H groups in total. The molecule has 1 aliphatic rings. The summed E-state index contributed by atoms with van der Waals surface area (Å²) in [5.41, 5.74) is 0. The number of sulfonamides is 1. The number of H-pyrrole nitrogens is 1. The second-order valence-electron chi connectivity index (χ2n) is 4.52. The zero-order chi connectivity index (χ0) is 13.7. The van der Waals surface area contributed by atoms with Gasteiger partial charge < -0.3 is 4.90 Å². The number of amides is 1. The van der Waals surface area contributed by atoms with Crippen molar-refractivity contribution in [1.82, 2.24) is 19.8 Å². The molecule has 1 saturated heterocycles. The molecule has 0 spiro atoms. The van der Waals surface area contributed by atoms with Crippen LogP contribution in [0.5, 0.6) is 0 Å². The number of hydrogen-bond donors (Lipinski definition) is 2. The maximum absolute atomic E-state index is 11.8. The van der Waals surface area contributed by atoms with E-state index in [1.54, 1.807) is 4.90 Å². The number of nitrogens with zero attached hydrogens (tertiary/aromatic N) is 2. The van der Waals surface area contributed by atoms with Gasteiger partial charge in [-0.1, -0.05) is 0 Å². The molecule has 1 aliphatic heterocycles. The minimum absolute atomic E-state index is 0.00888. The van der Waals surface area contributed by atoms with E-state index in [1.807, 2.05) is 0 Å². The van der Waals surface area contributed by atoms with Gasteiger partial charge in [0.1, 0.15) is 4.90 Å². The van der Waals surface area contributed by atoms with Crippen LogP contribution < -0.4 is 4.72 Å². The summed E-state index contributed by atoms with van der Waals surface area (Å²) < 4.78 is 25.9. The maximum Gasteiger partial charge on any atom is 0.243 e. The van der Waals surface area contributed by atoms with Crippen LogP contribution in [0.3, 0.4) is 0 Å². The molecule has 0 atom stereocenters. The Morgan fingerprint density at radius 3 is 2.74 bits per heavy atom. The first kappa shape index (κ1) is 14.0. The van der Waals surface area contributed by atoms with Crippen molar-refractivity contribution < 1.29 is 13.2 Å². The van der Waals surface area contributed by atoms with Crippen molar-refractivity contribution >= 4 is 15.9 Å². The first-order chi connectivity index (χ1) is 9.09. The minimum Gasteiger partial charge on any atom is -0.343 e. The molecule has 8 heteroatoms. The Morgan fingerprint density at radius 1 is 1.37 bits per heavy atom. The van der Waals surface area contributed by atoms with E-state index in [1.165, 1.54) is 12.4 Å². The first-order valence-electron chi connectivity index (χ1n) is 6.36. The molecule has 2 heterocycles. The smallest absolute Gasteiger partial charge is 0.243 e. The average Bonchev–Trinajstić information content (AvgIpc) is 2.94. The molecule has 0 aromatic carbocycles. The average molecular weight is 286 g/mol. The summed E-state index contributed by atoms with van der Waals surface area (Å²) in [7, 11) is -3.56. The lowest BCUT2D eigenvalue weighted by atomic mass is 10.1. The predicted molar refractivity (Wildman–Crippen MR) is 68.8 cm³/mol. The summed E-state index contributed by atoms with van der Waals surface area (Å²) in [5, 5.41) is 6.03. The number of hydrogen-bond acceptors (Lipinski definition) is 4. The van der Waals surface area contributed by atoms with E-state index in [-0.39, 0.29) is 23.8 Å². The molecule has 2 rings (SSSR count). The first-order valence-corrected chi connectivity index (χ1v) is 7.84. The number of nitrogens with one attached hydrogen (secondary N) is 2. The lowest BCUT2D eigenvalue weighted by Crippen LogP contribution is -2.37. The highest BCUT2D eigenvalue weighted by atomic mass is 32.2. The van der Waals surface area contributed by atoms with Gasteiger partial charge >= 0.3 is 0 Å². The summed E-state index contributed by atoms with van der Waals surface area (Å²) in [5.74, 6) is 0.00888. The zero-order valence-electron chi connectivity index (χ0n) is 10.6. The Morgan fingerprint density at radius 2 is 2.11 bits per heavy atom. The van der Waals surface area contributed by atoms with Crippen LogP contribution in [0.1, 0.15) is 25.7 Å². The molecule has 0 radical (unpaired) electrons. The quantitative estimate of drug-likeness (QED) is 0.802. The molecule has 0 saturated carbocycles. The third-order valence-corrected chi connectivity index (χ3v) is 4.55. The molecule has 0 aliphatic carbocycles. The van der Waals surface area contributed by atoms with E-state index in [9.17, 15) is 13.2 Å². The highest BCUT2D eigenvalue weighted by molar-refractivity contribution is 7.89. The lowest BCUT2D eigenvalue weighted by Gasteiger charge is -2.26. The zero-order valence-corrected chi connectivity index (χ0v) is 11.4. The normalized spacial score (nSPS) is 16.5. The molecule has 1 aromatic rings. The van der Waals surface area contributed by atoms with Crippen LogP contribution >= 0.6 is 0 Å². The van der Waals surface area contributed by atoms with E-state index in [0.29, 0.717) is 0 Å². The number of aromatic nitrogens is 2. The third-order valence-electron chi connectivity index (χ3n) is 3.12. The largest absolute Gasteiger partial charge is 0.343 e. The predicted octanol–water partition coefficient (Wildman–Crippen LogP) is 0.0906. The number of carbonyl (C=O) groups excluding carboxylic acids is 1. The number of likely N-dealkylation sites (tertiary alicyclic amines) is 1. The van der Waals surface area contributed by atoms with Gasteiger partial charge in [-0.15, -0.1) is 0 Å². The topological polar surface area (TPSA) is 95.2 Å². The Bertz CT molecular complexity index is 506. The maximum atomic E-state index is 11.8. The number of piperidine rings is 1. The van der Waals surface area contributed by atoms with Crippen molar-refractivity contribution in [2.45, 2.75) is 30.6 Å². The summed E-state index contributed by atoms with van der Waals surface area (Å²) >= 11 is 0. The van der Waals surface area contributed by atoms with Gasteiger partial charge in [-0.25, -0.2) is 13.1 Å². The number of carbonyl (C=O) groups is 1. The van der Waals surface area contributed by atoms with Crippen molar-refractivity contribution in [2.75, 3.05) is 19.6 Å². The van der Waals surface area contributed by atoms with Gasteiger partial charge in [0.05, 0.1) is 6.20 Å². The van der Waals surface area contributed by atoms with Crippen molar-refractivity contribution in [3.8, 4) is 0 Å². The molecule has 0 unspecified atom stereocenters. The second-order valence-corrected chi connectivity index (χ2v) is 6.29. The Balaban J connectivity index is 1.78. The van der Waals surface area contributed by atoms with Crippen molar-refractivity contribution in [3.05, 3.63) is 12.4 Å². The van der Waals surface area contributed by atoms with Gasteiger partial charge in [0.2, 0.25) is 15.9 Å². The van der Waals surface area contributed by atoms with Crippen molar-refractivity contribution in [2.24, 2.45) is 0 Å². The van der Waals surface area contributed by atoms with Crippen LogP contribution in [0.25, 0.3) is 0 Å². The third kappa shape index (κ3) is 3.77. The van der Waals surface area contributed by atoms with Crippen molar-refractivity contribution in [3.63, 3.8) is 0 Å². The highest BCUT2D eigenvalue weighted by Gasteiger charge is 2.18. The van der Waals surface area contributed by atoms with Crippen molar-refractivity contribution in [1.29, 1.82) is 0 Å². The van der Waals surface area contributed by atoms with Gasteiger partial charge in [-0.2, -0.15) is 5.10 Å². The molecule has 106 valence electrons.